The number of carbonyl (C=O) groups is 1. The van der Waals surface area contributed by atoms with E-state index in [2.05, 4.69) is 16.3 Å². The van der Waals surface area contributed by atoms with E-state index in [9.17, 15) is 4.79 Å². The molecule has 2 aromatic rings. The summed E-state index contributed by atoms with van der Waals surface area (Å²) in [4.78, 5) is 14.7. The molecule has 6 heteroatoms. The predicted octanol–water partition coefficient (Wildman–Crippen LogP) is 3.89. The molecule has 1 amide bonds. The molecular weight excluding hydrogens is 352 g/mol. The van der Waals surface area contributed by atoms with Crippen LogP contribution in [0.5, 0.6) is 11.5 Å². The first-order valence-electron chi connectivity index (χ1n) is 8.89. The Morgan fingerprint density at radius 2 is 1.96 bits per heavy atom. The molecule has 0 aliphatic carbocycles. The number of hydrogen-bond acceptors (Lipinski definition) is 4. The minimum Gasteiger partial charge on any atom is -0.486 e. The van der Waals surface area contributed by atoms with Crippen LogP contribution in [0.25, 0.3) is 0 Å². The molecule has 1 atom stereocenters. The van der Waals surface area contributed by atoms with Crippen LogP contribution in [0.15, 0.2) is 42.5 Å². The normalized spacial score (nSPS) is 19.3. The molecule has 0 bridgehead atoms. The van der Waals surface area contributed by atoms with E-state index >= 15 is 0 Å². The lowest BCUT2D eigenvalue weighted by Crippen LogP contribution is -2.33. The number of anilines is 1. The summed E-state index contributed by atoms with van der Waals surface area (Å²) in [7, 11) is 0. The van der Waals surface area contributed by atoms with E-state index in [0.717, 1.165) is 36.4 Å². The van der Waals surface area contributed by atoms with Gasteiger partial charge in [0.25, 0.3) is 0 Å². The SMILES string of the molecule is O=C(CN1CCC[C@@H]1c1ccc2c(c1)OCCO2)Nc1ccccc1Cl. The van der Waals surface area contributed by atoms with Crippen LogP contribution in [0.4, 0.5) is 5.69 Å². The molecular formula is C20H21ClN2O3. The van der Waals surface area contributed by atoms with Crippen LogP contribution >= 0.6 is 11.6 Å². The molecule has 2 aliphatic heterocycles. The molecule has 2 aromatic carbocycles. The van der Waals surface area contributed by atoms with Crippen LogP contribution < -0.4 is 14.8 Å². The van der Waals surface area contributed by atoms with Gasteiger partial charge in [-0.25, -0.2) is 0 Å². The highest BCUT2D eigenvalue weighted by atomic mass is 35.5. The molecule has 0 saturated carbocycles. The lowest BCUT2D eigenvalue weighted by Gasteiger charge is -2.26. The average Bonchev–Trinajstić information content (AvgIpc) is 3.11. The molecule has 0 unspecified atom stereocenters. The number of para-hydroxylation sites is 1. The largest absolute Gasteiger partial charge is 0.486 e. The zero-order valence-corrected chi connectivity index (χ0v) is 15.2. The average molecular weight is 373 g/mol. The molecule has 1 saturated heterocycles. The summed E-state index contributed by atoms with van der Waals surface area (Å²) in [6.07, 6.45) is 2.09. The maximum Gasteiger partial charge on any atom is 0.238 e. The Kier molecular flexibility index (Phi) is 5.00. The van der Waals surface area contributed by atoms with Gasteiger partial charge in [0, 0.05) is 6.04 Å². The van der Waals surface area contributed by atoms with Gasteiger partial charge in [-0.05, 0) is 49.2 Å². The second kappa shape index (κ2) is 7.56. The molecule has 4 rings (SSSR count). The third-order valence-electron chi connectivity index (χ3n) is 4.81. The van der Waals surface area contributed by atoms with E-state index in [0.29, 0.717) is 30.5 Å². The third kappa shape index (κ3) is 3.64. The quantitative estimate of drug-likeness (QED) is 0.884. The van der Waals surface area contributed by atoms with Crippen molar-refractivity contribution in [3.63, 3.8) is 0 Å². The van der Waals surface area contributed by atoms with Crippen LogP contribution in [-0.2, 0) is 4.79 Å². The van der Waals surface area contributed by atoms with Crippen LogP contribution in [0.3, 0.4) is 0 Å². The molecule has 136 valence electrons. The van der Waals surface area contributed by atoms with Crippen molar-refractivity contribution in [2.75, 3.05) is 31.6 Å². The summed E-state index contributed by atoms with van der Waals surface area (Å²) in [5.41, 5.74) is 1.81. The van der Waals surface area contributed by atoms with E-state index < -0.39 is 0 Å². The fourth-order valence-corrected chi connectivity index (χ4v) is 3.78. The number of carbonyl (C=O) groups excluding carboxylic acids is 1. The van der Waals surface area contributed by atoms with Crippen molar-refractivity contribution in [1.29, 1.82) is 0 Å². The van der Waals surface area contributed by atoms with Gasteiger partial charge in [0.1, 0.15) is 13.2 Å². The second-order valence-corrected chi connectivity index (χ2v) is 6.97. The first-order valence-corrected chi connectivity index (χ1v) is 9.26. The van der Waals surface area contributed by atoms with E-state index in [1.165, 1.54) is 0 Å². The van der Waals surface area contributed by atoms with Gasteiger partial charge in [-0.1, -0.05) is 29.8 Å². The van der Waals surface area contributed by atoms with Gasteiger partial charge in [-0.15, -0.1) is 0 Å². The van der Waals surface area contributed by atoms with Crippen molar-refractivity contribution in [1.82, 2.24) is 4.90 Å². The third-order valence-corrected chi connectivity index (χ3v) is 5.14. The molecule has 0 spiro atoms. The summed E-state index contributed by atoms with van der Waals surface area (Å²) in [5, 5.41) is 3.45. The number of nitrogens with zero attached hydrogens (tertiary/aromatic N) is 1. The highest BCUT2D eigenvalue weighted by Crippen LogP contribution is 2.38. The standard InChI is InChI=1S/C20H21ClN2O3/c21-15-4-1-2-5-16(15)22-20(24)13-23-9-3-6-17(23)14-7-8-18-19(12-14)26-11-10-25-18/h1-2,4-5,7-8,12,17H,3,6,9-11,13H2,(H,22,24)/t17-/m1/s1. The molecule has 5 nitrogen and oxygen atoms in total. The monoisotopic (exact) mass is 372 g/mol. The van der Waals surface area contributed by atoms with Gasteiger partial charge < -0.3 is 14.8 Å². The van der Waals surface area contributed by atoms with Crippen molar-refractivity contribution < 1.29 is 14.3 Å². The maximum absolute atomic E-state index is 12.5. The van der Waals surface area contributed by atoms with Gasteiger partial charge in [0.15, 0.2) is 11.5 Å². The molecule has 2 aliphatic rings. The lowest BCUT2D eigenvalue weighted by molar-refractivity contribution is -0.117. The van der Waals surface area contributed by atoms with Crippen molar-refractivity contribution in [3.8, 4) is 11.5 Å². The van der Waals surface area contributed by atoms with Crippen LogP contribution in [-0.4, -0.2) is 37.1 Å². The van der Waals surface area contributed by atoms with Crippen LogP contribution in [0.1, 0.15) is 24.4 Å². The van der Waals surface area contributed by atoms with Gasteiger partial charge >= 0.3 is 0 Å². The first kappa shape index (κ1) is 17.2. The van der Waals surface area contributed by atoms with E-state index in [-0.39, 0.29) is 11.9 Å². The van der Waals surface area contributed by atoms with E-state index in [1.54, 1.807) is 6.07 Å². The van der Waals surface area contributed by atoms with Crippen LogP contribution in [0.2, 0.25) is 5.02 Å². The molecule has 26 heavy (non-hydrogen) atoms. The van der Waals surface area contributed by atoms with Crippen molar-refractivity contribution in [2.45, 2.75) is 18.9 Å². The van der Waals surface area contributed by atoms with Gasteiger partial charge in [-0.2, -0.15) is 0 Å². The summed E-state index contributed by atoms with van der Waals surface area (Å²) >= 11 is 6.12. The number of likely N-dealkylation sites (tertiary alicyclic amines) is 1. The summed E-state index contributed by atoms with van der Waals surface area (Å²) in [6.45, 7) is 2.40. The molecule has 1 N–H and O–H groups in total. The number of hydrogen-bond donors (Lipinski definition) is 1. The van der Waals surface area contributed by atoms with Crippen molar-refractivity contribution in [3.05, 3.63) is 53.1 Å². The number of nitrogens with one attached hydrogen (secondary N) is 1. The number of ether oxygens (including phenoxy) is 2. The zero-order valence-electron chi connectivity index (χ0n) is 14.4. The minimum absolute atomic E-state index is 0.0532. The zero-order chi connectivity index (χ0) is 17.9. The minimum atomic E-state index is -0.0532. The number of benzene rings is 2. The molecule has 0 aromatic heterocycles. The summed E-state index contributed by atoms with van der Waals surface area (Å²) < 4.78 is 11.3. The topological polar surface area (TPSA) is 50.8 Å². The summed E-state index contributed by atoms with van der Waals surface area (Å²) in [6, 6.07) is 13.6. The smallest absolute Gasteiger partial charge is 0.238 e. The number of amides is 1. The fourth-order valence-electron chi connectivity index (χ4n) is 3.60. The molecule has 0 radical (unpaired) electrons. The van der Waals surface area contributed by atoms with E-state index in [4.69, 9.17) is 21.1 Å². The second-order valence-electron chi connectivity index (χ2n) is 6.56. The van der Waals surface area contributed by atoms with Gasteiger partial charge in [-0.3, -0.25) is 9.69 Å². The van der Waals surface area contributed by atoms with Crippen molar-refractivity contribution in [2.24, 2.45) is 0 Å². The Morgan fingerprint density at radius 3 is 2.81 bits per heavy atom. The Hall–Kier alpha value is -2.24. The molecule has 1 fully saturated rings. The highest BCUT2D eigenvalue weighted by Gasteiger charge is 2.28. The summed E-state index contributed by atoms with van der Waals surface area (Å²) in [5.74, 6) is 1.53. The number of rotatable bonds is 4. The fraction of sp³-hybridized carbons (Fsp3) is 0.350. The molecule has 2 heterocycles. The Balaban J connectivity index is 1.45. The van der Waals surface area contributed by atoms with Crippen LogP contribution in [0, 0.1) is 0 Å². The first-order chi connectivity index (χ1) is 12.7. The maximum atomic E-state index is 12.5. The van der Waals surface area contributed by atoms with Gasteiger partial charge in [0.05, 0.1) is 17.3 Å². The van der Waals surface area contributed by atoms with Gasteiger partial charge in [0.2, 0.25) is 5.91 Å². The van der Waals surface area contributed by atoms with E-state index in [1.807, 2.05) is 30.3 Å². The number of fused-ring (bicyclic) bond motifs is 1. The Labute approximate surface area is 157 Å². The predicted molar refractivity (Wildman–Crippen MR) is 101 cm³/mol. The Bertz CT molecular complexity index is 811. The lowest BCUT2D eigenvalue weighted by atomic mass is 10.0. The number of halogens is 1. The highest BCUT2D eigenvalue weighted by molar-refractivity contribution is 6.33. The van der Waals surface area contributed by atoms with Crippen molar-refractivity contribution >= 4 is 23.2 Å². The Morgan fingerprint density at radius 1 is 1.15 bits per heavy atom.